The van der Waals surface area contributed by atoms with E-state index in [9.17, 15) is 9.59 Å². The van der Waals surface area contributed by atoms with E-state index in [1.165, 1.54) is 29.0 Å². The van der Waals surface area contributed by atoms with Gasteiger partial charge in [0.25, 0.3) is 11.5 Å². The van der Waals surface area contributed by atoms with Gasteiger partial charge < -0.3 is 0 Å². The number of hydrogen-bond acceptors (Lipinski definition) is 6. The molecule has 0 aliphatic heterocycles. The van der Waals surface area contributed by atoms with Crippen LogP contribution in [0.15, 0.2) is 65.0 Å². The molecule has 0 radical (unpaired) electrons. The molecule has 0 saturated carbocycles. The summed E-state index contributed by atoms with van der Waals surface area (Å²) >= 11 is 14.7. The third-order valence-electron chi connectivity index (χ3n) is 5.25. The Kier molecular flexibility index (Phi) is 6.22. The maximum absolute atomic E-state index is 13.1. The number of aromatic nitrogens is 3. The summed E-state index contributed by atoms with van der Waals surface area (Å²) in [6, 6.07) is 14.9. The van der Waals surface area contributed by atoms with Crippen LogP contribution >= 0.6 is 45.9 Å². The van der Waals surface area contributed by atoms with Gasteiger partial charge in [-0.1, -0.05) is 53.5 Å². The zero-order valence-electron chi connectivity index (χ0n) is 17.7. The van der Waals surface area contributed by atoms with Crippen LogP contribution in [-0.4, -0.2) is 20.4 Å². The summed E-state index contributed by atoms with van der Waals surface area (Å²) < 4.78 is 1.56. The number of nitrogens with zero attached hydrogens (tertiary/aromatic N) is 3. The molecule has 0 aliphatic carbocycles. The van der Waals surface area contributed by atoms with Crippen LogP contribution in [0.5, 0.6) is 0 Å². The fraction of sp³-hybridized carbons (Fsp3) is 0.0833. The van der Waals surface area contributed by atoms with Crippen molar-refractivity contribution in [1.82, 2.24) is 14.5 Å². The number of thiophene rings is 1. The molecule has 0 fully saturated rings. The van der Waals surface area contributed by atoms with Gasteiger partial charge in [-0.15, -0.1) is 22.7 Å². The van der Waals surface area contributed by atoms with Crippen LogP contribution < -0.4 is 10.9 Å². The Morgan fingerprint density at radius 3 is 2.71 bits per heavy atom. The van der Waals surface area contributed by atoms with Crippen molar-refractivity contribution in [3.8, 4) is 11.3 Å². The average molecular weight is 527 g/mol. The molecule has 6 nitrogen and oxygen atoms in total. The summed E-state index contributed by atoms with van der Waals surface area (Å²) in [6.45, 7) is 2.18. The molecule has 5 rings (SSSR count). The minimum Gasteiger partial charge on any atom is -0.297 e. The van der Waals surface area contributed by atoms with E-state index < -0.39 is 0 Å². The number of carbonyl (C=O) groups is 1. The molecule has 5 aromatic rings. The molecule has 2 aromatic carbocycles. The topological polar surface area (TPSA) is 76.9 Å². The number of rotatable bonds is 5. The van der Waals surface area contributed by atoms with Crippen molar-refractivity contribution in [1.29, 1.82) is 0 Å². The summed E-state index contributed by atoms with van der Waals surface area (Å²) in [4.78, 5) is 36.0. The summed E-state index contributed by atoms with van der Waals surface area (Å²) in [7, 11) is 0. The summed E-state index contributed by atoms with van der Waals surface area (Å²) in [5.41, 5.74) is 2.80. The van der Waals surface area contributed by atoms with Crippen molar-refractivity contribution < 1.29 is 4.79 Å². The lowest BCUT2D eigenvalue weighted by molar-refractivity contribution is 0.103. The Balaban J connectivity index is 1.42. The molecule has 34 heavy (non-hydrogen) atoms. The van der Waals surface area contributed by atoms with Crippen LogP contribution in [0, 0.1) is 6.92 Å². The van der Waals surface area contributed by atoms with Crippen molar-refractivity contribution in [3.63, 3.8) is 0 Å². The first-order chi connectivity index (χ1) is 16.4. The van der Waals surface area contributed by atoms with E-state index in [2.05, 4.69) is 15.3 Å². The lowest BCUT2D eigenvalue weighted by atomic mass is 10.2. The number of hydrogen-bond donors (Lipinski definition) is 1. The molecule has 0 aliphatic rings. The van der Waals surface area contributed by atoms with Gasteiger partial charge in [-0.2, -0.15) is 0 Å². The maximum atomic E-state index is 13.1. The van der Waals surface area contributed by atoms with Gasteiger partial charge in [-0.3, -0.25) is 19.5 Å². The minimum atomic E-state index is -0.336. The number of halogens is 2. The van der Waals surface area contributed by atoms with Gasteiger partial charge in [0.1, 0.15) is 4.83 Å². The predicted octanol–water partition coefficient (Wildman–Crippen LogP) is 6.50. The second-order valence-electron chi connectivity index (χ2n) is 7.52. The molecule has 1 N–H and O–H groups in total. The molecule has 1 amide bonds. The van der Waals surface area contributed by atoms with Gasteiger partial charge in [0.15, 0.2) is 5.13 Å². The first-order valence-corrected chi connectivity index (χ1v) is 12.6. The minimum absolute atomic E-state index is 0.171. The number of thiazole rings is 1. The van der Waals surface area contributed by atoms with Crippen molar-refractivity contribution in [3.05, 3.63) is 96.6 Å². The van der Waals surface area contributed by atoms with Gasteiger partial charge in [0.05, 0.1) is 33.9 Å². The van der Waals surface area contributed by atoms with E-state index >= 15 is 0 Å². The van der Waals surface area contributed by atoms with Crippen molar-refractivity contribution in [2.24, 2.45) is 0 Å². The predicted molar refractivity (Wildman–Crippen MR) is 140 cm³/mol. The van der Waals surface area contributed by atoms with Crippen molar-refractivity contribution >= 4 is 67.1 Å². The van der Waals surface area contributed by atoms with Crippen LogP contribution in [-0.2, 0) is 6.54 Å². The lowest BCUT2D eigenvalue weighted by Crippen LogP contribution is -2.21. The highest BCUT2D eigenvalue weighted by Gasteiger charge is 2.21. The summed E-state index contributed by atoms with van der Waals surface area (Å²) in [5.74, 6) is -0.336. The Morgan fingerprint density at radius 1 is 1.15 bits per heavy atom. The van der Waals surface area contributed by atoms with Gasteiger partial charge in [0.2, 0.25) is 0 Å². The second-order valence-corrected chi connectivity index (χ2v) is 10.2. The number of aryl methyl sites for hydroxylation is 1. The third kappa shape index (κ3) is 4.37. The number of fused-ring (bicyclic) bond motifs is 1. The van der Waals surface area contributed by atoms with Crippen LogP contribution in [0.25, 0.3) is 21.5 Å². The first-order valence-electron chi connectivity index (χ1n) is 10.2. The molecule has 0 unspecified atom stereocenters. The molecule has 0 spiro atoms. The smallest absolute Gasteiger partial charge is 0.267 e. The van der Waals surface area contributed by atoms with E-state index in [1.807, 2.05) is 35.7 Å². The Hall–Kier alpha value is -3.04. The van der Waals surface area contributed by atoms with E-state index in [1.54, 1.807) is 29.7 Å². The summed E-state index contributed by atoms with van der Waals surface area (Å²) in [6.07, 6.45) is 1.53. The van der Waals surface area contributed by atoms with Crippen molar-refractivity contribution in [2.75, 3.05) is 5.32 Å². The number of nitrogens with one attached hydrogen (secondary N) is 1. The number of benzene rings is 2. The van der Waals surface area contributed by atoms with Crippen LogP contribution in [0.3, 0.4) is 0 Å². The van der Waals surface area contributed by atoms with Crippen LogP contribution in [0.4, 0.5) is 5.13 Å². The Labute approximate surface area is 212 Å². The van der Waals surface area contributed by atoms with E-state index in [4.69, 9.17) is 23.2 Å². The number of anilines is 1. The maximum Gasteiger partial charge on any atom is 0.267 e. The highest BCUT2D eigenvalue weighted by atomic mass is 35.5. The number of carbonyl (C=O) groups excluding carboxylic acids is 1. The monoisotopic (exact) mass is 526 g/mol. The molecular weight excluding hydrogens is 511 g/mol. The third-order valence-corrected chi connectivity index (χ3v) is 7.76. The van der Waals surface area contributed by atoms with Gasteiger partial charge in [0, 0.05) is 16.0 Å². The molecule has 0 saturated heterocycles. The fourth-order valence-electron chi connectivity index (χ4n) is 3.57. The van der Waals surface area contributed by atoms with E-state index in [0.29, 0.717) is 48.1 Å². The fourth-order valence-corrected chi connectivity index (χ4v) is 5.82. The zero-order chi connectivity index (χ0) is 23.8. The SMILES string of the molecule is Cc1c(C(=O)Nc2nc(-c3ccc(Cl)cc3Cl)cs2)sc2ncn(Cc3ccccc3)c(=O)c12. The zero-order valence-corrected chi connectivity index (χ0v) is 20.9. The van der Waals surface area contributed by atoms with Crippen molar-refractivity contribution in [2.45, 2.75) is 13.5 Å². The average Bonchev–Trinajstić information content (AvgIpc) is 3.41. The summed E-state index contributed by atoms with van der Waals surface area (Å²) in [5, 5.41) is 6.54. The Morgan fingerprint density at radius 2 is 1.94 bits per heavy atom. The first kappa shape index (κ1) is 22.7. The van der Waals surface area contributed by atoms with Crippen LogP contribution in [0.1, 0.15) is 20.8 Å². The molecule has 0 bridgehead atoms. The van der Waals surface area contributed by atoms with Gasteiger partial charge in [-0.25, -0.2) is 9.97 Å². The van der Waals surface area contributed by atoms with E-state index in [-0.39, 0.29) is 11.5 Å². The lowest BCUT2D eigenvalue weighted by Gasteiger charge is -2.05. The largest absolute Gasteiger partial charge is 0.297 e. The van der Waals surface area contributed by atoms with E-state index in [0.717, 1.165) is 11.1 Å². The number of amides is 1. The quantitative estimate of drug-likeness (QED) is 0.283. The molecule has 170 valence electrons. The molecule has 10 heteroatoms. The van der Waals surface area contributed by atoms with Gasteiger partial charge in [-0.05, 0) is 36.2 Å². The molecular formula is C24H16Cl2N4O2S2. The standard InChI is InChI=1S/C24H16Cl2N4O2S2/c1-13-19-22(27-12-30(23(19)32)10-14-5-3-2-4-6-14)34-20(13)21(31)29-24-28-18(11-33-24)16-8-7-15(25)9-17(16)26/h2-9,11-12H,10H2,1H3,(H,28,29,31). The highest BCUT2D eigenvalue weighted by molar-refractivity contribution is 7.21. The molecule has 3 heterocycles. The molecule has 3 aromatic heterocycles. The Bertz CT molecular complexity index is 1590. The molecule has 0 atom stereocenters. The highest BCUT2D eigenvalue weighted by Crippen LogP contribution is 2.33. The van der Waals surface area contributed by atoms with Gasteiger partial charge >= 0.3 is 0 Å². The van der Waals surface area contributed by atoms with Crippen LogP contribution in [0.2, 0.25) is 10.0 Å². The second kappa shape index (κ2) is 9.31. The normalized spacial score (nSPS) is 11.1.